The number of benzene rings is 1. The summed E-state index contributed by atoms with van der Waals surface area (Å²) in [4.78, 5) is 25.9. The number of nitrogens with zero attached hydrogens (tertiary/aromatic N) is 1. The van der Waals surface area contributed by atoms with Gasteiger partial charge in [-0.25, -0.2) is 4.79 Å². The molecule has 166 valence electrons. The lowest BCUT2D eigenvalue weighted by atomic mass is 9.72. The highest BCUT2D eigenvalue weighted by molar-refractivity contribution is 5.85. The molecule has 0 spiro atoms. The summed E-state index contributed by atoms with van der Waals surface area (Å²) in [5.74, 6) is -1.47. The van der Waals surface area contributed by atoms with Crippen molar-refractivity contribution >= 4 is 12.0 Å². The summed E-state index contributed by atoms with van der Waals surface area (Å²) in [5.41, 5.74) is 2.98. The molecule has 0 bridgehead atoms. The van der Waals surface area contributed by atoms with Crippen LogP contribution in [-0.2, 0) is 15.7 Å². The van der Waals surface area contributed by atoms with E-state index >= 15 is 0 Å². The second-order valence-electron chi connectivity index (χ2n) is 8.18. The highest BCUT2D eigenvalue weighted by Gasteiger charge is 2.46. The highest BCUT2D eigenvalue weighted by atomic mass is 19.4. The van der Waals surface area contributed by atoms with Gasteiger partial charge in [0.2, 0.25) is 5.91 Å². The number of piperidine rings is 1. The Morgan fingerprint density at radius 2 is 1.80 bits per heavy atom. The molecular formula is C21H27F3N2O4. The van der Waals surface area contributed by atoms with E-state index in [1.54, 1.807) is 4.90 Å². The van der Waals surface area contributed by atoms with Crippen LogP contribution in [0.2, 0.25) is 0 Å². The predicted molar refractivity (Wildman–Crippen MR) is 102 cm³/mol. The zero-order valence-electron chi connectivity index (χ0n) is 16.7. The van der Waals surface area contributed by atoms with Crippen LogP contribution in [0.4, 0.5) is 18.0 Å². The van der Waals surface area contributed by atoms with E-state index in [9.17, 15) is 27.9 Å². The first kappa shape index (κ1) is 22.4. The minimum Gasteiger partial charge on any atom is -0.446 e. The van der Waals surface area contributed by atoms with E-state index in [4.69, 9.17) is 10.5 Å². The Labute approximate surface area is 173 Å². The number of ether oxygens (including phenoxy) is 1. The Morgan fingerprint density at radius 1 is 1.17 bits per heavy atom. The van der Waals surface area contributed by atoms with Gasteiger partial charge in [-0.2, -0.15) is 13.2 Å². The van der Waals surface area contributed by atoms with Gasteiger partial charge in [-0.3, -0.25) is 4.79 Å². The summed E-state index contributed by atoms with van der Waals surface area (Å²) < 4.78 is 44.8. The van der Waals surface area contributed by atoms with Crippen LogP contribution in [0.15, 0.2) is 24.3 Å². The lowest BCUT2D eigenvalue weighted by Crippen LogP contribution is -2.50. The molecule has 1 saturated carbocycles. The van der Waals surface area contributed by atoms with E-state index in [0.29, 0.717) is 38.5 Å². The third kappa shape index (κ3) is 5.06. The van der Waals surface area contributed by atoms with Crippen molar-refractivity contribution in [3.63, 3.8) is 0 Å². The Morgan fingerprint density at radius 3 is 2.37 bits per heavy atom. The third-order valence-electron chi connectivity index (χ3n) is 6.09. The topological polar surface area (TPSA) is 92.9 Å². The van der Waals surface area contributed by atoms with E-state index in [-0.39, 0.29) is 18.7 Å². The first-order valence-corrected chi connectivity index (χ1v) is 10.2. The molecule has 2 aliphatic rings. The summed E-state index contributed by atoms with van der Waals surface area (Å²) in [6.45, 7) is 0.560. The van der Waals surface area contributed by atoms with Crippen LogP contribution in [0.1, 0.15) is 62.0 Å². The van der Waals surface area contributed by atoms with Crippen molar-refractivity contribution in [3.05, 3.63) is 35.4 Å². The normalized spacial score (nSPS) is 21.1. The lowest BCUT2D eigenvalue weighted by Gasteiger charge is -2.42. The summed E-state index contributed by atoms with van der Waals surface area (Å²) >= 11 is 0. The Balaban J connectivity index is 1.87. The van der Waals surface area contributed by atoms with E-state index in [0.717, 1.165) is 18.6 Å². The number of nitrogens with two attached hydrogens (primary N) is 1. The van der Waals surface area contributed by atoms with Gasteiger partial charge in [0.15, 0.2) is 0 Å². The molecule has 30 heavy (non-hydrogen) atoms. The van der Waals surface area contributed by atoms with Gasteiger partial charge in [0.25, 0.3) is 0 Å². The lowest BCUT2D eigenvalue weighted by molar-refractivity contribution is -0.144. The number of halogens is 3. The quantitative estimate of drug-likeness (QED) is 0.767. The number of primary amides is 1. The number of carbonyl (C=O) groups excluding carboxylic acids is 2. The van der Waals surface area contributed by atoms with Crippen molar-refractivity contribution in [1.82, 2.24) is 4.90 Å². The minimum atomic E-state index is -4.54. The van der Waals surface area contributed by atoms with Gasteiger partial charge in [-0.05, 0) is 24.5 Å². The van der Waals surface area contributed by atoms with E-state index < -0.39 is 41.4 Å². The fourth-order valence-corrected chi connectivity index (χ4v) is 4.57. The fraction of sp³-hybridized carbons (Fsp3) is 0.619. The zero-order valence-corrected chi connectivity index (χ0v) is 16.7. The number of likely N-dealkylation sites (tertiary alicyclic amines) is 1. The molecule has 3 rings (SSSR count). The molecule has 1 aromatic rings. The van der Waals surface area contributed by atoms with Crippen molar-refractivity contribution in [1.29, 1.82) is 0 Å². The molecular weight excluding hydrogens is 401 g/mol. The van der Waals surface area contributed by atoms with Crippen LogP contribution < -0.4 is 5.73 Å². The average Bonchev–Trinajstić information content (AvgIpc) is 2.68. The second kappa shape index (κ2) is 8.83. The molecule has 3 N–H and O–H groups in total. The van der Waals surface area contributed by atoms with E-state index in [2.05, 4.69) is 0 Å². The smallest absolute Gasteiger partial charge is 0.416 e. The van der Waals surface area contributed by atoms with Crippen LogP contribution in [0.3, 0.4) is 0 Å². The van der Waals surface area contributed by atoms with Crippen molar-refractivity contribution < 1.29 is 32.6 Å². The van der Waals surface area contributed by atoms with E-state index in [1.807, 2.05) is 0 Å². The largest absolute Gasteiger partial charge is 0.446 e. The Hall–Kier alpha value is -2.29. The number of hydrogen-bond donors (Lipinski definition) is 2. The summed E-state index contributed by atoms with van der Waals surface area (Å²) in [6, 6.07) is 4.69. The van der Waals surface area contributed by atoms with Crippen molar-refractivity contribution in [2.45, 2.75) is 68.7 Å². The van der Waals surface area contributed by atoms with Crippen molar-refractivity contribution in [2.24, 2.45) is 5.73 Å². The predicted octanol–water partition coefficient (Wildman–Crippen LogP) is 3.57. The molecule has 1 saturated heterocycles. The average molecular weight is 428 g/mol. The van der Waals surface area contributed by atoms with Gasteiger partial charge in [-0.1, -0.05) is 37.5 Å². The van der Waals surface area contributed by atoms with Gasteiger partial charge in [0, 0.05) is 25.9 Å². The molecule has 0 radical (unpaired) electrons. The van der Waals surface area contributed by atoms with Gasteiger partial charge in [0.1, 0.15) is 6.10 Å². The monoisotopic (exact) mass is 428 g/mol. The van der Waals surface area contributed by atoms with Crippen molar-refractivity contribution in [2.75, 3.05) is 13.1 Å². The molecule has 1 unspecified atom stereocenters. The maximum absolute atomic E-state index is 13.4. The van der Waals surface area contributed by atoms with E-state index in [1.165, 1.54) is 12.1 Å². The van der Waals surface area contributed by atoms with Crippen molar-refractivity contribution in [3.8, 4) is 0 Å². The van der Waals surface area contributed by atoms with Gasteiger partial charge < -0.3 is 20.5 Å². The highest BCUT2D eigenvalue weighted by Crippen LogP contribution is 2.42. The maximum Gasteiger partial charge on any atom is 0.416 e. The molecule has 1 atom stereocenters. The second-order valence-corrected chi connectivity index (χ2v) is 8.18. The number of amides is 2. The first-order valence-electron chi connectivity index (χ1n) is 10.2. The molecule has 2 fully saturated rings. The van der Waals surface area contributed by atoms with Gasteiger partial charge in [-0.15, -0.1) is 0 Å². The van der Waals surface area contributed by atoms with Crippen LogP contribution in [0.25, 0.3) is 0 Å². The molecule has 0 aromatic heterocycles. The Bertz CT molecular complexity index is 770. The fourth-order valence-electron chi connectivity index (χ4n) is 4.57. The molecule has 1 heterocycles. The van der Waals surface area contributed by atoms with Crippen LogP contribution in [0.5, 0.6) is 0 Å². The third-order valence-corrected chi connectivity index (χ3v) is 6.09. The maximum atomic E-state index is 13.4. The SMILES string of the molecule is NC(=O)OC1CCN(C(=O)C(c2cccc(C(F)(F)F)c2)C2(O)CCCCC2)CC1. The summed E-state index contributed by atoms with van der Waals surface area (Å²) in [7, 11) is 0. The molecule has 1 aromatic carbocycles. The summed E-state index contributed by atoms with van der Waals surface area (Å²) in [6.07, 6.45) is -1.95. The molecule has 2 amide bonds. The van der Waals surface area contributed by atoms with Gasteiger partial charge in [0.05, 0.1) is 17.1 Å². The number of alkyl halides is 3. The molecule has 6 nitrogen and oxygen atoms in total. The summed E-state index contributed by atoms with van der Waals surface area (Å²) in [5, 5.41) is 11.3. The number of rotatable bonds is 4. The molecule has 1 aliphatic carbocycles. The van der Waals surface area contributed by atoms with Gasteiger partial charge >= 0.3 is 12.3 Å². The van der Waals surface area contributed by atoms with Crippen LogP contribution in [0, 0.1) is 0 Å². The Kier molecular flexibility index (Phi) is 6.59. The number of carbonyl (C=O) groups is 2. The molecule has 9 heteroatoms. The van der Waals surface area contributed by atoms with Crippen LogP contribution in [-0.4, -0.2) is 46.8 Å². The number of hydrogen-bond acceptors (Lipinski definition) is 4. The molecule has 1 aliphatic heterocycles. The van der Waals surface area contributed by atoms with Crippen LogP contribution >= 0.6 is 0 Å². The first-order chi connectivity index (χ1) is 14.1. The zero-order chi connectivity index (χ0) is 21.9. The number of aliphatic hydroxyl groups is 1. The minimum absolute atomic E-state index is 0.176. The standard InChI is InChI=1S/C21H27F3N2O4/c22-21(23,24)15-6-4-5-14(13-15)17(20(29)9-2-1-3-10-20)18(27)26-11-7-16(8-12-26)30-19(25)28/h4-6,13,16-17,29H,1-3,7-12H2,(H2,25,28).